The highest BCUT2D eigenvalue weighted by Gasteiger charge is 2.19. The lowest BCUT2D eigenvalue weighted by Gasteiger charge is -2.04. The maximum absolute atomic E-state index is 10.9. The van der Waals surface area contributed by atoms with Crippen LogP contribution in [0.5, 0.6) is 0 Å². The van der Waals surface area contributed by atoms with Crippen LogP contribution in [-0.4, -0.2) is 37.0 Å². The van der Waals surface area contributed by atoms with Crippen molar-refractivity contribution in [3.63, 3.8) is 0 Å². The Morgan fingerprint density at radius 2 is 2.00 bits per heavy atom. The summed E-state index contributed by atoms with van der Waals surface area (Å²) in [5.74, 6) is -1.35. The summed E-state index contributed by atoms with van der Waals surface area (Å²) in [5.41, 5.74) is 0.215. The fourth-order valence-corrected chi connectivity index (χ4v) is 1.36. The van der Waals surface area contributed by atoms with E-state index in [1.807, 2.05) is 6.07 Å². The molecule has 0 aliphatic carbocycles. The van der Waals surface area contributed by atoms with Gasteiger partial charge in [-0.15, -0.1) is 5.10 Å². The van der Waals surface area contributed by atoms with Gasteiger partial charge in [0.15, 0.2) is 0 Å². The predicted octanol–water partition coefficient (Wildman–Crippen LogP) is 0.530. The number of carboxylic acid groups (broad SMARTS) is 1. The van der Waals surface area contributed by atoms with Crippen molar-refractivity contribution in [2.24, 2.45) is 5.16 Å². The van der Waals surface area contributed by atoms with E-state index in [4.69, 9.17) is 10.3 Å². The first-order valence-corrected chi connectivity index (χ1v) is 4.66. The summed E-state index contributed by atoms with van der Waals surface area (Å²) in [6.07, 6.45) is 1.22. The summed E-state index contributed by atoms with van der Waals surface area (Å²) in [4.78, 5) is 10.9. The Morgan fingerprint density at radius 1 is 1.29 bits per heavy atom. The minimum absolute atomic E-state index is 0.103. The van der Waals surface area contributed by atoms with E-state index in [1.165, 1.54) is 10.9 Å². The smallest absolute Gasteiger partial charge is 0.360 e. The van der Waals surface area contributed by atoms with Crippen molar-refractivity contribution in [1.82, 2.24) is 15.0 Å². The van der Waals surface area contributed by atoms with Crippen molar-refractivity contribution in [2.75, 3.05) is 0 Å². The van der Waals surface area contributed by atoms with Crippen molar-refractivity contribution >= 4 is 11.7 Å². The van der Waals surface area contributed by atoms with Crippen LogP contribution in [-0.2, 0) is 4.79 Å². The summed E-state index contributed by atoms with van der Waals surface area (Å²) in [5, 5.41) is 27.6. The molecule has 0 unspecified atom stereocenters. The van der Waals surface area contributed by atoms with E-state index < -0.39 is 11.7 Å². The average Bonchev–Trinajstić information content (AvgIpc) is 2.80. The number of oxime groups is 1. The molecular formula is C10H8N4O3. The van der Waals surface area contributed by atoms with E-state index in [0.717, 1.165) is 0 Å². The SMILES string of the molecule is O=C(O)C(=NO)c1cnnn1-c1ccccc1. The van der Waals surface area contributed by atoms with Crippen molar-refractivity contribution < 1.29 is 15.1 Å². The van der Waals surface area contributed by atoms with E-state index in [-0.39, 0.29) is 5.69 Å². The van der Waals surface area contributed by atoms with E-state index >= 15 is 0 Å². The predicted molar refractivity (Wildman–Crippen MR) is 57.3 cm³/mol. The second-order valence-corrected chi connectivity index (χ2v) is 3.12. The number of rotatable bonds is 3. The van der Waals surface area contributed by atoms with Crippen LogP contribution >= 0.6 is 0 Å². The molecule has 0 atom stereocenters. The maximum atomic E-state index is 10.9. The number of aliphatic carboxylic acids is 1. The number of carbonyl (C=O) groups is 1. The van der Waals surface area contributed by atoms with Crippen LogP contribution < -0.4 is 0 Å². The first-order chi connectivity index (χ1) is 8.24. The van der Waals surface area contributed by atoms with Gasteiger partial charge < -0.3 is 10.3 Å². The number of hydrogen-bond acceptors (Lipinski definition) is 5. The van der Waals surface area contributed by atoms with E-state index in [2.05, 4.69) is 15.5 Å². The first-order valence-electron chi connectivity index (χ1n) is 4.66. The Labute approximate surface area is 95.6 Å². The van der Waals surface area contributed by atoms with Gasteiger partial charge in [-0.05, 0) is 12.1 Å². The van der Waals surface area contributed by atoms with Crippen LogP contribution in [0.1, 0.15) is 5.69 Å². The molecule has 0 bridgehead atoms. The Morgan fingerprint density at radius 3 is 2.59 bits per heavy atom. The number of carboxylic acids is 1. The van der Waals surface area contributed by atoms with Gasteiger partial charge in [-0.1, -0.05) is 28.6 Å². The molecule has 2 N–H and O–H groups in total. The van der Waals surface area contributed by atoms with Gasteiger partial charge >= 0.3 is 5.97 Å². The van der Waals surface area contributed by atoms with Crippen LogP contribution in [0, 0.1) is 0 Å². The van der Waals surface area contributed by atoms with Crippen LogP contribution in [0.3, 0.4) is 0 Å². The van der Waals surface area contributed by atoms with Gasteiger partial charge in [-0.3, -0.25) is 0 Å². The lowest BCUT2D eigenvalue weighted by atomic mass is 10.2. The van der Waals surface area contributed by atoms with Crippen LogP contribution in [0.4, 0.5) is 0 Å². The summed E-state index contributed by atoms with van der Waals surface area (Å²) >= 11 is 0. The van der Waals surface area contributed by atoms with Crippen molar-refractivity contribution in [2.45, 2.75) is 0 Å². The quantitative estimate of drug-likeness (QED) is 0.456. The molecular weight excluding hydrogens is 224 g/mol. The lowest BCUT2D eigenvalue weighted by molar-refractivity contribution is -0.129. The molecule has 1 aromatic heterocycles. The van der Waals surface area contributed by atoms with E-state index in [9.17, 15) is 4.79 Å². The number of hydrogen-bond donors (Lipinski definition) is 2. The third kappa shape index (κ3) is 1.98. The molecule has 0 amide bonds. The fraction of sp³-hybridized carbons (Fsp3) is 0. The average molecular weight is 232 g/mol. The highest BCUT2D eigenvalue weighted by Crippen LogP contribution is 2.09. The topological polar surface area (TPSA) is 101 Å². The van der Waals surface area contributed by atoms with E-state index in [1.54, 1.807) is 24.3 Å². The molecule has 0 saturated carbocycles. The van der Waals surface area contributed by atoms with E-state index in [0.29, 0.717) is 5.69 Å². The molecule has 7 nitrogen and oxygen atoms in total. The molecule has 1 aromatic carbocycles. The third-order valence-electron chi connectivity index (χ3n) is 2.10. The molecule has 0 radical (unpaired) electrons. The van der Waals surface area contributed by atoms with Gasteiger partial charge in [0.2, 0.25) is 5.71 Å². The van der Waals surface area contributed by atoms with Crippen LogP contribution in [0.25, 0.3) is 5.69 Å². The van der Waals surface area contributed by atoms with Crippen molar-refractivity contribution in [3.05, 3.63) is 42.2 Å². The molecule has 86 valence electrons. The first kappa shape index (κ1) is 10.8. The molecule has 2 aromatic rings. The van der Waals surface area contributed by atoms with Gasteiger partial charge in [-0.25, -0.2) is 9.48 Å². The largest absolute Gasteiger partial charge is 0.476 e. The Hall–Kier alpha value is -2.70. The maximum Gasteiger partial charge on any atom is 0.360 e. The second-order valence-electron chi connectivity index (χ2n) is 3.12. The van der Waals surface area contributed by atoms with Crippen LogP contribution in [0.15, 0.2) is 41.7 Å². The standard InChI is InChI=1S/C10H8N4O3/c15-10(16)9(12-17)8-6-11-13-14(8)7-4-2-1-3-5-7/h1-6,17H,(H,15,16). The van der Waals surface area contributed by atoms with Gasteiger partial charge in [0, 0.05) is 0 Å². The number of para-hydroxylation sites is 1. The monoisotopic (exact) mass is 232 g/mol. The number of benzene rings is 1. The van der Waals surface area contributed by atoms with Gasteiger partial charge in [0.1, 0.15) is 5.69 Å². The molecule has 0 spiro atoms. The van der Waals surface area contributed by atoms with Gasteiger partial charge in [0.25, 0.3) is 0 Å². The summed E-state index contributed by atoms with van der Waals surface area (Å²) < 4.78 is 1.28. The fourth-order valence-electron chi connectivity index (χ4n) is 1.36. The summed E-state index contributed by atoms with van der Waals surface area (Å²) in [7, 11) is 0. The van der Waals surface area contributed by atoms with Crippen LogP contribution in [0.2, 0.25) is 0 Å². The Balaban J connectivity index is 2.53. The molecule has 0 saturated heterocycles. The molecule has 0 aliphatic rings. The number of nitrogens with zero attached hydrogens (tertiary/aromatic N) is 4. The molecule has 2 rings (SSSR count). The summed E-state index contributed by atoms with van der Waals surface area (Å²) in [6.45, 7) is 0. The minimum atomic E-state index is -1.35. The Bertz CT molecular complexity index is 562. The minimum Gasteiger partial charge on any atom is -0.476 e. The molecule has 1 heterocycles. The zero-order chi connectivity index (χ0) is 12.3. The van der Waals surface area contributed by atoms with Crippen molar-refractivity contribution in [3.8, 4) is 5.69 Å². The van der Waals surface area contributed by atoms with Gasteiger partial charge in [-0.2, -0.15) is 0 Å². The molecule has 7 heteroatoms. The molecule has 0 fully saturated rings. The highest BCUT2D eigenvalue weighted by molar-refractivity contribution is 6.41. The molecule has 0 aliphatic heterocycles. The molecule has 17 heavy (non-hydrogen) atoms. The summed E-state index contributed by atoms with van der Waals surface area (Å²) in [6, 6.07) is 8.83. The van der Waals surface area contributed by atoms with Crippen molar-refractivity contribution in [1.29, 1.82) is 0 Å². The number of aromatic nitrogens is 3. The zero-order valence-electron chi connectivity index (χ0n) is 8.56. The zero-order valence-corrected chi connectivity index (χ0v) is 8.56. The van der Waals surface area contributed by atoms with Gasteiger partial charge in [0.05, 0.1) is 11.9 Å². The highest BCUT2D eigenvalue weighted by atomic mass is 16.4. The lowest BCUT2D eigenvalue weighted by Crippen LogP contribution is -2.18. The Kier molecular flexibility index (Phi) is 2.82. The second kappa shape index (κ2) is 4.44. The normalized spacial score (nSPS) is 11.4. The third-order valence-corrected chi connectivity index (χ3v) is 2.10.